The Hall–Kier alpha value is -3.35. The van der Waals surface area contributed by atoms with E-state index in [-0.39, 0.29) is 18.0 Å². The number of nitrogens with zero attached hydrogens (tertiary/aromatic N) is 2. The van der Waals surface area contributed by atoms with Crippen LogP contribution in [0.5, 0.6) is 0 Å². The molecule has 7 heteroatoms. The van der Waals surface area contributed by atoms with Gasteiger partial charge in [0.2, 0.25) is 0 Å². The van der Waals surface area contributed by atoms with Gasteiger partial charge < -0.3 is 20.5 Å². The summed E-state index contributed by atoms with van der Waals surface area (Å²) in [6, 6.07) is 13.1. The van der Waals surface area contributed by atoms with Crippen molar-refractivity contribution in [2.24, 2.45) is 0 Å². The minimum Gasteiger partial charge on any atom is -0.350 e. The monoisotopic (exact) mass is 393 g/mol. The molecule has 1 aromatic heterocycles. The summed E-state index contributed by atoms with van der Waals surface area (Å²) >= 11 is 0. The number of anilines is 1. The van der Waals surface area contributed by atoms with Crippen molar-refractivity contribution in [1.29, 1.82) is 0 Å². The highest BCUT2D eigenvalue weighted by atomic mass is 16.2. The van der Waals surface area contributed by atoms with E-state index in [1.807, 2.05) is 48.7 Å². The van der Waals surface area contributed by atoms with Gasteiger partial charge in [0, 0.05) is 30.4 Å². The molecule has 0 bridgehead atoms. The number of fused-ring (bicyclic) bond motifs is 1. The van der Waals surface area contributed by atoms with E-state index in [4.69, 9.17) is 0 Å². The summed E-state index contributed by atoms with van der Waals surface area (Å²) in [4.78, 5) is 28.7. The van der Waals surface area contributed by atoms with Gasteiger partial charge in [-0.15, -0.1) is 0 Å². The molecule has 7 nitrogen and oxygen atoms in total. The Balaban J connectivity index is 1.58. The van der Waals surface area contributed by atoms with Gasteiger partial charge in [0.25, 0.3) is 5.91 Å². The highest BCUT2D eigenvalue weighted by Crippen LogP contribution is 2.16. The van der Waals surface area contributed by atoms with Gasteiger partial charge in [-0.05, 0) is 50.1 Å². The first-order valence-electron chi connectivity index (χ1n) is 9.86. The fourth-order valence-electron chi connectivity index (χ4n) is 3.14. The van der Waals surface area contributed by atoms with E-state index in [0.29, 0.717) is 18.7 Å². The largest absolute Gasteiger partial charge is 0.350 e. The molecule has 152 valence electrons. The third kappa shape index (κ3) is 5.13. The molecule has 3 amide bonds. The number of carbonyl (C=O) groups excluding carboxylic acids is 2. The zero-order chi connectivity index (χ0) is 20.8. The third-order valence-electron chi connectivity index (χ3n) is 4.59. The SMILES string of the molecule is CCc1ccccc1NC(=O)NCCn1cnc2cc(C(=O)NC(C)C)ccc21. The highest BCUT2D eigenvalue weighted by molar-refractivity contribution is 5.97. The lowest BCUT2D eigenvalue weighted by molar-refractivity contribution is 0.0943. The molecule has 0 unspecified atom stereocenters. The van der Waals surface area contributed by atoms with Crippen molar-refractivity contribution in [1.82, 2.24) is 20.2 Å². The summed E-state index contributed by atoms with van der Waals surface area (Å²) in [6.45, 7) is 6.95. The molecule has 0 aliphatic rings. The quantitative estimate of drug-likeness (QED) is 0.573. The minimum atomic E-state index is -0.233. The lowest BCUT2D eigenvalue weighted by Crippen LogP contribution is -2.31. The van der Waals surface area contributed by atoms with Crippen LogP contribution in [-0.2, 0) is 13.0 Å². The first kappa shape index (κ1) is 20.4. The van der Waals surface area contributed by atoms with E-state index < -0.39 is 0 Å². The molecule has 1 heterocycles. The van der Waals surface area contributed by atoms with Gasteiger partial charge in [-0.2, -0.15) is 0 Å². The van der Waals surface area contributed by atoms with Crippen LogP contribution in [0.4, 0.5) is 10.5 Å². The number of aryl methyl sites for hydroxylation is 1. The molecule has 0 fully saturated rings. The highest BCUT2D eigenvalue weighted by Gasteiger charge is 2.10. The van der Waals surface area contributed by atoms with Crippen molar-refractivity contribution < 1.29 is 9.59 Å². The van der Waals surface area contributed by atoms with Crippen molar-refractivity contribution in [3.05, 3.63) is 59.9 Å². The Bertz CT molecular complexity index is 1010. The summed E-state index contributed by atoms with van der Waals surface area (Å²) < 4.78 is 1.96. The number of para-hydroxylation sites is 1. The fourth-order valence-corrected chi connectivity index (χ4v) is 3.14. The van der Waals surface area contributed by atoms with Crippen LogP contribution in [0.2, 0.25) is 0 Å². The van der Waals surface area contributed by atoms with Crippen LogP contribution in [-0.4, -0.2) is 34.1 Å². The Kier molecular flexibility index (Phi) is 6.49. The maximum atomic E-state index is 12.2. The maximum Gasteiger partial charge on any atom is 0.319 e. The first-order chi connectivity index (χ1) is 14.0. The van der Waals surface area contributed by atoms with Crippen molar-refractivity contribution in [2.75, 3.05) is 11.9 Å². The Morgan fingerprint density at radius 2 is 1.93 bits per heavy atom. The molecule has 0 saturated heterocycles. The topological polar surface area (TPSA) is 88.1 Å². The standard InChI is InChI=1S/C22H27N5O2/c1-4-16-7-5-6-8-18(16)26-22(29)23-11-12-27-14-24-19-13-17(9-10-20(19)27)21(28)25-15(2)3/h5-10,13-15H,4,11-12H2,1-3H3,(H,25,28)(H2,23,26,29). The van der Waals surface area contributed by atoms with Crippen LogP contribution in [0.1, 0.15) is 36.7 Å². The van der Waals surface area contributed by atoms with E-state index in [9.17, 15) is 9.59 Å². The number of nitrogens with one attached hydrogen (secondary N) is 3. The number of aromatic nitrogens is 2. The Morgan fingerprint density at radius 1 is 1.14 bits per heavy atom. The van der Waals surface area contributed by atoms with Crippen molar-refractivity contribution in [2.45, 2.75) is 39.8 Å². The van der Waals surface area contributed by atoms with E-state index in [1.54, 1.807) is 18.5 Å². The summed E-state index contributed by atoms with van der Waals surface area (Å²) in [5.74, 6) is -0.109. The zero-order valence-electron chi connectivity index (χ0n) is 17.0. The Morgan fingerprint density at radius 3 is 2.69 bits per heavy atom. The third-order valence-corrected chi connectivity index (χ3v) is 4.59. The zero-order valence-corrected chi connectivity index (χ0v) is 17.0. The molecule has 3 N–H and O–H groups in total. The molecule has 0 radical (unpaired) electrons. The van der Waals surface area contributed by atoms with Gasteiger partial charge in [-0.1, -0.05) is 25.1 Å². The molecular formula is C22H27N5O2. The predicted octanol–water partition coefficient (Wildman–Crippen LogP) is 3.56. The minimum absolute atomic E-state index is 0.0808. The first-order valence-corrected chi connectivity index (χ1v) is 9.86. The average Bonchev–Trinajstić information content (AvgIpc) is 3.10. The molecular weight excluding hydrogens is 366 g/mol. The van der Waals surface area contributed by atoms with Crippen LogP contribution in [0.3, 0.4) is 0 Å². The van der Waals surface area contributed by atoms with Gasteiger partial charge in [-0.3, -0.25) is 4.79 Å². The second kappa shape index (κ2) is 9.23. The second-order valence-corrected chi connectivity index (χ2v) is 7.16. The number of urea groups is 1. The number of rotatable bonds is 7. The number of hydrogen-bond acceptors (Lipinski definition) is 3. The molecule has 0 spiro atoms. The van der Waals surface area contributed by atoms with Crippen molar-refractivity contribution in [3.63, 3.8) is 0 Å². The van der Waals surface area contributed by atoms with E-state index >= 15 is 0 Å². The summed E-state index contributed by atoms with van der Waals surface area (Å²) in [6.07, 6.45) is 2.58. The normalized spacial score (nSPS) is 10.9. The van der Waals surface area contributed by atoms with Gasteiger partial charge in [0.15, 0.2) is 0 Å². The molecule has 2 aromatic carbocycles. The number of hydrogen-bond donors (Lipinski definition) is 3. The Labute approximate surface area is 170 Å². The van der Waals surface area contributed by atoms with E-state index in [0.717, 1.165) is 28.7 Å². The number of amides is 3. The fraction of sp³-hybridized carbons (Fsp3) is 0.318. The van der Waals surface area contributed by atoms with Crippen LogP contribution in [0.25, 0.3) is 11.0 Å². The van der Waals surface area contributed by atoms with E-state index in [1.165, 1.54) is 0 Å². The van der Waals surface area contributed by atoms with Gasteiger partial charge in [0.05, 0.1) is 17.4 Å². The summed E-state index contributed by atoms with van der Waals surface area (Å²) in [5, 5.41) is 8.65. The molecule has 3 aromatic rings. The number of benzene rings is 2. The maximum absolute atomic E-state index is 12.2. The van der Waals surface area contributed by atoms with Crippen LogP contribution in [0, 0.1) is 0 Å². The second-order valence-electron chi connectivity index (χ2n) is 7.16. The van der Waals surface area contributed by atoms with Gasteiger partial charge >= 0.3 is 6.03 Å². The van der Waals surface area contributed by atoms with Gasteiger partial charge in [0.1, 0.15) is 0 Å². The van der Waals surface area contributed by atoms with Gasteiger partial charge in [-0.25, -0.2) is 9.78 Å². The lowest BCUT2D eigenvalue weighted by Gasteiger charge is -2.11. The molecule has 29 heavy (non-hydrogen) atoms. The molecule has 0 saturated carbocycles. The molecule has 3 rings (SSSR count). The van der Waals surface area contributed by atoms with Crippen LogP contribution in [0.15, 0.2) is 48.8 Å². The molecule has 0 atom stereocenters. The van der Waals surface area contributed by atoms with Crippen LogP contribution < -0.4 is 16.0 Å². The molecule has 0 aliphatic heterocycles. The number of carbonyl (C=O) groups is 2. The van der Waals surface area contributed by atoms with Crippen molar-refractivity contribution >= 4 is 28.7 Å². The van der Waals surface area contributed by atoms with Crippen molar-refractivity contribution in [3.8, 4) is 0 Å². The smallest absolute Gasteiger partial charge is 0.319 e. The van der Waals surface area contributed by atoms with E-state index in [2.05, 4.69) is 27.9 Å². The molecule has 0 aliphatic carbocycles. The average molecular weight is 393 g/mol. The predicted molar refractivity (Wildman–Crippen MR) is 115 cm³/mol. The summed E-state index contributed by atoms with van der Waals surface area (Å²) in [7, 11) is 0. The summed E-state index contributed by atoms with van der Waals surface area (Å²) in [5.41, 5.74) is 4.18. The number of imidazole rings is 1. The van der Waals surface area contributed by atoms with Crippen LogP contribution >= 0.6 is 0 Å². The lowest BCUT2D eigenvalue weighted by atomic mass is 10.1.